The van der Waals surface area contributed by atoms with Gasteiger partial charge in [-0.05, 0) is 32.0 Å². The van der Waals surface area contributed by atoms with E-state index in [0.717, 1.165) is 10.9 Å². The first-order valence-electron chi connectivity index (χ1n) is 8.75. The lowest BCUT2D eigenvalue weighted by Gasteiger charge is -2.20. The summed E-state index contributed by atoms with van der Waals surface area (Å²) in [4.78, 5) is 25.3. The van der Waals surface area contributed by atoms with Crippen LogP contribution in [-0.2, 0) is 0 Å². The van der Waals surface area contributed by atoms with Crippen molar-refractivity contribution in [1.29, 1.82) is 5.26 Å². The summed E-state index contributed by atoms with van der Waals surface area (Å²) >= 11 is 0. The predicted octanol–water partition coefficient (Wildman–Crippen LogP) is 4.25. The summed E-state index contributed by atoms with van der Waals surface area (Å²) < 4.78 is 5.68. The molecular formula is C22H20N2O3. The van der Waals surface area contributed by atoms with Crippen LogP contribution in [0.3, 0.4) is 0 Å². The third kappa shape index (κ3) is 3.61. The van der Waals surface area contributed by atoms with Gasteiger partial charge in [-0.1, -0.05) is 37.3 Å². The van der Waals surface area contributed by atoms with Gasteiger partial charge in [0.25, 0.3) is 5.91 Å². The van der Waals surface area contributed by atoms with Gasteiger partial charge in [0, 0.05) is 28.5 Å². The SMILES string of the molecule is Cc1c(C(=O)NC(C)C(C)C(=O)c2ccc(C#N)cc2)oc2ccccc12. The minimum Gasteiger partial charge on any atom is -0.451 e. The Balaban J connectivity index is 1.73. The van der Waals surface area contributed by atoms with Crippen molar-refractivity contribution in [2.45, 2.75) is 26.8 Å². The van der Waals surface area contributed by atoms with Gasteiger partial charge < -0.3 is 9.73 Å². The number of ketones is 1. The van der Waals surface area contributed by atoms with Gasteiger partial charge in [-0.2, -0.15) is 5.26 Å². The zero-order chi connectivity index (χ0) is 19.6. The number of amides is 1. The second-order valence-electron chi connectivity index (χ2n) is 6.66. The van der Waals surface area contributed by atoms with Crippen LogP contribution in [-0.4, -0.2) is 17.7 Å². The zero-order valence-electron chi connectivity index (χ0n) is 15.4. The van der Waals surface area contributed by atoms with Crippen molar-refractivity contribution >= 4 is 22.7 Å². The van der Waals surface area contributed by atoms with Crippen LogP contribution in [0.25, 0.3) is 11.0 Å². The van der Waals surface area contributed by atoms with E-state index < -0.39 is 5.92 Å². The Morgan fingerprint density at radius 2 is 1.74 bits per heavy atom. The quantitative estimate of drug-likeness (QED) is 0.690. The van der Waals surface area contributed by atoms with E-state index in [1.54, 1.807) is 38.1 Å². The van der Waals surface area contributed by atoms with Crippen LogP contribution in [0.4, 0.5) is 0 Å². The van der Waals surface area contributed by atoms with Crippen LogP contribution in [0.15, 0.2) is 52.9 Å². The number of hydrogen-bond donors (Lipinski definition) is 1. The number of benzene rings is 2. The highest BCUT2D eigenvalue weighted by atomic mass is 16.3. The summed E-state index contributed by atoms with van der Waals surface area (Å²) in [6.45, 7) is 5.41. The number of para-hydroxylation sites is 1. The third-order valence-corrected chi connectivity index (χ3v) is 4.87. The van der Waals surface area contributed by atoms with Crippen LogP contribution in [0.5, 0.6) is 0 Å². The van der Waals surface area contributed by atoms with Crippen molar-refractivity contribution in [1.82, 2.24) is 5.32 Å². The maximum absolute atomic E-state index is 12.7. The summed E-state index contributed by atoms with van der Waals surface area (Å²) in [7, 11) is 0. The normalized spacial score (nSPS) is 13.0. The summed E-state index contributed by atoms with van der Waals surface area (Å²) in [5.41, 5.74) is 2.46. The summed E-state index contributed by atoms with van der Waals surface area (Å²) in [5.74, 6) is -0.586. The van der Waals surface area contributed by atoms with E-state index in [4.69, 9.17) is 9.68 Å². The lowest BCUT2D eigenvalue weighted by molar-refractivity contribution is 0.0855. The van der Waals surface area contributed by atoms with Crippen LogP contribution in [0.1, 0.15) is 45.9 Å². The van der Waals surface area contributed by atoms with Crippen molar-refractivity contribution in [2.75, 3.05) is 0 Å². The number of rotatable bonds is 5. The molecular weight excluding hydrogens is 340 g/mol. The second-order valence-corrected chi connectivity index (χ2v) is 6.66. The highest BCUT2D eigenvalue weighted by Crippen LogP contribution is 2.25. The molecule has 1 aromatic heterocycles. The third-order valence-electron chi connectivity index (χ3n) is 4.87. The van der Waals surface area contributed by atoms with E-state index >= 15 is 0 Å². The second kappa shape index (κ2) is 7.46. The predicted molar refractivity (Wildman–Crippen MR) is 103 cm³/mol. The molecule has 3 aromatic rings. The number of nitriles is 1. The number of carbonyl (C=O) groups is 2. The first-order valence-corrected chi connectivity index (χ1v) is 8.75. The van der Waals surface area contributed by atoms with Gasteiger partial charge in [0.1, 0.15) is 5.58 Å². The molecule has 0 bridgehead atoms. The molecule has 3 rings (SSSR count). The van der Waals surface area contributed by atoms with Gasteiger partial charge in [0.15, 0.2) is 11.5 Å². The molecule has 0 fully saturated rings. The van der Waals surface area contributed by atoms with E-state index in [1.807, 2.05) is 37.3 Å². The number of carbonyl (C=O) groups excluding carboxylic acids is 2. The minimum atomic E-state index is -0.424. The summed E-state index contributed by atoms with van der Waals surface area (Å²) in [5, 5.41) is 12.6. The fourth-order valence-corrected chi connectivity index (χ4v) is 2.99. The fourth-order valence-electron chi connectivity index (χ4n) is 2.99. The molecule has 5 heteroatoms. The molecule has 27 heavy (non-hydrogen) atoms. The molecule has 0 saturated carbocycles. The number of aryl methyl sites for hydroxylation is 1. The van der Waals surface area contributed by atoms with Gasteiger partial charge in [-0.25, -0.2) is 0 Å². The molecule has 1 N–H and O–H groups in total. The van der Waals surface area contributed by atoms with Crippen LogP contribution < -0.4 is 5.32 Å². The lowest BCUT2D eigenvalue weighted by atomic mass is 9.93. The highest BCUT2D eigenvalue weighted by molar-refractivity contribution is 6.01. The number of nitrogens with zero attached hydrogens (tertiary/aromatic N) is 1. The van der Waals surface area contributed by atoms with E-state index in [9.17, 15) is 9.59 Å². The molecule has 2 aromatic carbocycles. The van der Waals surface area contributed by atoms with Gasteiger partial charge in [0.2, 0.25) is 0 Å². The van der Waals surface area contributed by atoms with Crippen molar-refractivity contribution in [3.8, 4) is 6.07 Å². The monoisotopic (exact) mass is 360 g/mol. The van der Waals surface area contributed by atoms with Gasteiger partial charge in [-0.3, -0.25) is 9.59 Å². The van der Waals surface area contributed by atoms with Crippen molar-refractivity contribution in [3.63, 3.8) is 0 Å². The number of hydrogen-bond acceptors (Lipinski definition) is 4. The van der Waals surface area contributed by atoms with E-state index in [-0.39, 0.29) is 23.5 Å². The molecule has 0 aliphatic carbocycles. The van der Waals surface area contributed by atoms with Gasteiger partial charge >= 0.3 is 0 Å². The lowest BCUT2D eigenvalue weighted by Crippen LogP contribution is -2.40. The molecule has 2 atom stereocenters. The number of Topliss-reactive ketones (excluding diaryl/α,β-unsaturated/α-hetero) is 1. The summed E-state index contributed by atoms with van der Waals surface area (Å²) in [6.07, 6.45) is 0. The Kier molecular flexibility index (Phi) is 5.09. The van der Waals surface area contributed by atoms with Gasteiger partial charge in [0.05, 0.1) is 11.6 Å². The van der Waals surface area contributed by atoms with Crippen molar-refractivity contribution < 1.29 is 14.0 Å². The Labute approximate surface area is 157 Å². The average molecular weight is 360 g/mol. The van der Waals surface area contributed by atoms with Crippen LogP contribution in [0.2, 0.25) is 0 Å². The minimum absolute atomic E-state index is 0.0892. The van der Waals surface area contributed by atoms with Crippen LogP contribution in [0, 0.1) is 24.2 Å². The highest BCUT2D eigenvalue weighted by Gasteiger charge is 2.25. The molecule has 136 valence electrons. The maximum Gasteiger partial charge on any atom is 0.287 e. The Morgan fingerprint density at radius 1 is 1.07 bits per heavy atom. The molecule has 0 aliphatic rings. The van der Waals surface area contributed by atoms with Gasteiger partial charge in [-0.15, -0.1) is 0 Å². The molecule has 0 saturated heterocycles. The van der Waals surface area contributed by atoms with Crippen molar-refractivity contribution in [3.05, 3.63) is 71.0 Å². The summed E-state index contributed by atoms with van der Waals surface area (Å²) in [6, 6.07) is 15.6. The molecule has 0 radical (unpaired) electrons. The Hall–Kier alpha value is -3.39. The van der Waals surface area contributed by atoms with Crippen LogP contribution >= 0.6 is 0 Å². The zero-order valence-corrected chi connectivity index (χ0v) is 15.4. The maximum atomic E-state index is 12.7. The molecule has 0 aliphatic heterocycles. The molecule has 1 amide bonds. The van der Waals surface area contributed by atoms with E-state index in [1.165, 1.54) is 0 Å². The molecule has 5 nitrogen and oxygen atoms in total. The standard InChI is InChI=1S/C22H20N2O3/c1-13(20(25)17-10-8-16(12-23)9-11-17)15(3)24-22(26)21-14(2)18-6-4-5-7-19(18)27-21/h4-11,13,15H,1-3H3,(H,24,26). The number of fused-ring (bicyclic) bond motifs is 1. The topological polar surface area (TPSA) is 83.1 Å². The average Bonchev–Trinajstić information content (AvgIpc) is 3.04. The molecule has 0 spiro atoms. The van der Waals surface area contributed by atoms with E-state index in [0.29, 0.717) is 16.7 Å². The molecule has 1 heterocycles. The smallest absolute Gasteiger partial charge is 0.287 e. The first-order chi connectivity index (χ1) is 12.9. The van der Waals surface area contributed by atoms with Crippen molar-refractivity contribution in [2.24, 2.45) is 5.92 Å². The molecule has 2 unspecified atom stereocenters. The largest absolute Gasteiger partial charge is 0.451 e. The fraction of sp³-hybridized carbons (Fsp3) is 0.227. The first kappa shape index (κ1) is 18.4. The Bertz CT molecular complexity index is 1040. The van der Waals surface area contributed by atoms with E-state index in [2.05, 4.69) is 5.32 Å². The number of nitrogens with one attached hydrogen (secondary N) is 1. The Morgan fingerprint density at radius 3 is 2.37 bits per heavy atom. The number of furan rings is 1.